The van der Waals surface area contributed by atoms with Crippen LogP contribution in [0.25, 0.3) is 11.1 Å². The second-order valence-electron chi connectivity index (χ2n) is 3.69. The maximum Gasteiger partial charge on any atom is 0.133 e. The van der Waals surface area contributed by atoms with Gasteiger partial charge in [0.1, 0.15) is 23.4 Å². The largest absolute Gasteiger partial charge is 0.507 e. The average molecular weight is 243 g/mol. The SMILES string of the molecule is COc1ccc(F)c(-c2ccc(O)c(C#N)c2)c1. The van der Waals surface area contributed by atoms with Crippen molar-refractivity contribution in [2.75, 3.05) is 7.11 Å². The van der Waals surface area contributed by atoms with E-state index in [-0.39, 0.29) is 11.3 Å². The third-order valence-corrected chi connectivity index (χ3v) is 2.60. The fourth-order valence-electron chi connectivity index (χ4n) is 1.65. The van der Waals surface area contributed by atoms with Crippen LogP contribution in [-0.4, -0.2) is 12.2 Å². The molecule has 0 saturated heterocycles. The first-order chi connectivity index (χ1) is 8.65. The highest BCUT2D eigenvalue weighted by molar-refractivity contribution is 5.69. The first-order valence-electron chi connectivity index (χ1n) is 5.22. The van der Waals surface area contributed by atoms with E-state index >= 15 is 0 Å². The number of aromatic hydroxyl groups is 1. The topological polar surface area (TPSA) is 53.2 Å². The number of hydrogen-bond donors (Lipinski definition) is 1. The molecule has 0 unspecified atom stereocenters. The molecule has 0 fully saturated rings. The van der Waals surface area contributed by atoms with Gasteiger partial charge in [-0.25, -0.2) is 4.39 Å². The molecule has 0 atom stereocenters. The number of nitrogens with zero attached hydrogens (tertiary/aromatic N) is 1. The lowest BCUT2D eigenvalue weighted by Gasteiger charge is -2.07. The quantitative estimate of drug-likeness (QED) is 0.881. The Balaban J connectivity index is 2.58. The van der Waals surface area contributed by atoms with Crippen LogP contribution in [0.1, 0.15) is 5.56 Å². The zero-order chi connectivity index (χ0) is 13.1. The van der Waals surface area contributed by atoms with Crippen LogP contribution < -0.4 is 4.74 Å². The van der Waals surface area contributed by atoms with Gasteiger partial charge in [-0.2, -0.15) is 5.26 Å². The van der Waals surface area contributed by atoms with Crippen LogP contribution in [0, 0.1) is 17.1 Å². The summed E-state index contributed by atoms with van der Waals surface area (Å²) in [4.78, 5) is 0. The molecule has 18 heavy (non-hydrogen) atoms. The minimum atomic E-state index is -0.412. The van der Waals surface area contributed by atoms with Crippen LogP contribution in [0.2, 0.25) is 0 Å². The Labute approximate surface area is 104 Å². The maximum absolute atomic E-state index is 13.7. The minimum Gasteiger partial charge on any atom is -0.507 e. The Morgan fingerprint density at radius 3 is 2.67 bits per heavy atom. The Morgan fingerprint density at radius 1 is 1.22 bits per heavy atom. The van der Waals surface area contributed by atoms with Crippen LogP contribution in [0.4, 0.5) is 4.39 Å². The molecule has 0 amide bonds. The van der Waals surface area contributed by atoms with E-state index in [1.165, 1.54) is 31.4 Å². The summed E-state index contributed by atoms with van der Waals surface area (Å²) in [6, 6.07) is 10.6. The van der Waals surface area contributed by atoms with E-state index in [0.29, 0.717) is 16.9 Å². The Morgan fingerprint density at radius 2 is 2.00 bits per heavy atom. The standard InChI is InChI=1S/C14H10FNO2/c1-18-11-3-4-13(15)12(7-11)9-2-5-14(17)10(6-9)8-16/h2-7,17H,1H3. The van der Waals surface area contributed by atoms with Crippen LogP contribution in [0.3, 0.4) is 0 Å². The second kappa shape index (κ2) is 4.76. The number of benzene rings is 2. The van der Waals surface area contributed by atoms with E-state index in [0.717, 1.165) is 0 Å². The molecule has 0 saturated carbocycles. The highest BCUT2D eigenvalue weighted by atomic mass is 19.1. The monoisotopic (exact) mass is 243 g/mol. The molecule has 0 radical (unpaired) electrons. The molecule has 2 aromatic rings. The van der Waals surface area contributed by atoms with Crippen molar-refractivity contribution in [3.63, 3.8) is 0 Å². The maximum atomic E-state index is 13.7. The summed E-state index contributed by atoms with van der Waals surface area (Å²) in [7, 11) is 1.49. The molecule has 0 aliphatic carbocycles. The lowest BCUT2D eigenvalue weighted by atomic mass is 10.0. The van der Waals surface area contributed by atoms with Crippen molar-refractivity contribution in [1.29, 1.82) is 5.26 Å². The normalized spacial score (nSPS) is 9.83. The summed E-state index contributed by atoms with van der Waals surface area (Å²) in [5.74, 6) is -0.00656. The number of phenols is 1. The molecule has 90 valence electrons. The van der Waals surface area contributed by atoms with Gasteiger partial charge in [0.2, 0.25) is 0 Å². The van der Waals surface area contributed by atoms with Crippen molar-refractivity contribution < 1.29 is 14.2 Å². The van der Waals surface area contributed by atoms with Gasteiger partial charge in [-0.15, -0.1) is 0 Å². The molecule has 2 rings (SSSR count). The summed E-state index contributed by atoms with van der Waals surface area (Å²) in [5.41, 5.74) is 0.946. The van der Waals surface area contributed by atoms with Gasteiger partial charge in [0.15, 0.2) is 0 Å². The number of ether oxygens (including phenoxy) is 1. The Bertz CT molecular complexity index is 632. The van der Waals surface area contributed by atoms with Crippen LogP contribution in [-0.2, 0) is 0 Å². The van der Waals surface area contributed by atoms with Crippen LogP contribution in [0.15, 0.2) is 36.4 Å². The third-order valence-electron chi connectivity index (χ3n) is 2.60. The van der Waals surface area contributed by atoms with Crippen molar-refractivity contribution in [2.24, 2.45) is 0 Å². The Hall–Kier alpha value is -2.54. The number of phenolic OH excluding ortho intramolecular Hbond substituents is 1. The van der Waals surface area contributed by atoms with Crippen molar-refractivity contribution in [3.8, 4) is 28.7 Å². The molecule has 4 heteroatoms. The van der Waals surface area contributed by atoms with Crippen molar-refractivity contribution in [3.05, 3.63) is 47.8 Å². The van der Waals surface area contributed by atoms with Gasteiger partial charge in [0.25, 0.3) is 0 Å². The van der Waals surface area contributed by atoms with Crippen LogP contribution in [0.5, 0.6) is 11.5 Å². The molecular weight excluding hydrogens is 233 g/mol. The number of hydrogen-bond acceptors (Lipinski definition) is 3. The fourth-order valence-corrected chi connectivity index (χ4v) is 1.65. The van der Waals surface area contributed by atoms with Gasteiger partial charge >= 0.3 is 0 Å². The molecule has 0 aliphatic rings. The smallest absolute Gasteiger partial charge is 0.133 e. The van der Waals surface area contributed by atoms with Crippen molar-refractivity contribution in [1.82, 2.24) is 0 Å². The van der Waals surface area contributed by atoms with E-state index in [4.69, 9.17) is 10.00 Å². The van der Waals surface area contributed by atoms with E-state index < -0.39 is 5.82 Å². The lowest BCUT2D eigenvalue weighted by Crippen LogP contribution is -1.89. The predicted molar refractivity (Wildman–Crippen MR) is 64.8 cm³/mol. The number of halogens is 1. The van der Waals surface area contributed by atoms with E-state index in [9.17, 15) is 9.50 Å². The molecule has 3 nitrogen and oxygen atoms in total. The number of methoxy groups -OCH3 is 1. The van der Waals surface area contributed by atoms with Crippen molar-refractivity contribution >= 4 is 0 Å². The summed E-state index contributed by atoms with van der Waals surface area (Å²) < 4.78 is 18.8. The molecule has 1 N–H and O–H groups in total. The summed E-state index contributed by atoms with van der Waals surface area (Å²) in [6.45, 7) is 0. The summed E-state index contributed by atoms with van der Waals surface area (Å²) >= 11 is 0. The molecule has 0 heterocycles. The van der Waals surface area contributed by atoms with Gasteiger partial charge in [-0.1, -0.05) is 6.07 Å². The van der Waals surface area contributed by atoms with Gasteiger partial charge in [-0.05, 0) is 35.9 Å². The first-order valence-corrected chi connectivity index (χ1v) is 5.22. The first kappa shape index (κ1) is 11.9. The van der Waals surface area contributed by atoms with Gasteiger partial charge in [0, 0.05) is 5.56 Å². The minimum absolute atomic E-state index is 0.106. The van der Waals surface area contributed by atoms with E-state index in [1.54, 1.807) is 12.1 Å². The molecular formula is C14H10FNO2. The third kappa shape index (κ3) is 2.11. The molecule has 0 aliphatic heterocycles. The van der Waals surface area contributed by atoms with Gasteiger partial charge in [-0.3, -0.25) is 0 Å². The van der Waals surface area contributed by atoms with Gasteiger partial charge in [0.05, 0.1) is 12.7 Å². The number of rotatable bonds is 2. The second-order valence-corrected chi connectivity index (χ2v) is 3.69. The lowest BCUT2D eigenvalue weighted by molar-refractivity contribution is 0.414. The van der Waals surface area contributed by atoms with E-state index in [2.05, 4.69) is 0 Å². The van der Waals surface area contributed by atoms with Gasteiger partial charge < -0.3 is 9.84 Å². The fraction of sp³-hybridized carbons (Fsp3) is 0.0714. The highest BCUT2D eigenvalue weighted by Crippen LogP contribution is 2.30. The zero-order valence-corrected chi connectivity index (χ0v) is 9.64. The molecule has 0 spiro atoms. The highest BCUT2D eigenvalue weighted by Gasteiger charge is 2.09. The summed E-state index contributed by atoms with van der Waals surface area (Å²) in [5, 5.41) is 18.2. The summed E-state index contributed by atoms with van der Waals surface area (Å²) in [6.07, 6.45) is 0. The molecule has 0 aromatic heterocycles. The zero-order valence-electron chi connectivity index (χ0n) is 9.64. The average Bonchev–Trinajstić information content (AvgIpc) is 2.40. The predicted octanol–water partition coefficient (Wildman–Crippen LogP) is 3.08. The molecule has 0 bridgehead atoms. The molecule has 2 aromatic carbocycles. The van der Waals surface area contributed by atoms with Crippen molar-refractivity contribution in [2.45, 2.75) is 0 Å². The number of nitriles is 1. The Kier molecular flexibility index (Phi) is 3.16. The van der Waals surface area contributed by atoms with E-state index in [1.807, 2.05) is 6.07 Å². The van der Waals surface area contributed by atoms with Crippen LogP contribution >= 0.6 is 0 Å².